The summed E-state index contributed by atoms with van der Waals surface area (Å²) >= 11 is 3.09. The molecule has 108 valence electrons. The third kappa shape index (κ3) is 3.63. The van der Waals surface area contributed by atoms with Crippen LogP contribution in [0.1, 0.15) is 28.9 Å². The third-order valence-electron chi connectivity index (χ3n) is 2.94. The first-order valence-electron chi connectivity index (χ1n) is 6.14. The minimum absolute atomic E-state index is 0.142. The van der Waals surface area contributed by atoms with E-state index in [1.165, 1.54) is 18.2 Å². The normalized spacial score (nSPS) is 11.7. The first-order chi connectivity index (χ1) is 9.99. The van der Waals surface area contributed by atoms with E-state index < -0.39 is 4.92 Å². The van der Waals surface area contributed by atoms with E-state index in [1.807, 2.05) is 13.0 Å². The van der Waals surface area contributed by atoms with Crippen LogP contribution in [0.2, 0.25) is 0 Å². The summed E-state index contributed by atoms with van der Waals surface area (Å²) in [4.78, 5) is 26.5. The van der Waals surface area contributed by atoms with E-state index in [1.54, 1.807) is 18.5 Å². The molecule has 1 N–H and O–H groups in total. The molecule has 1 unspecified atom stereocenters. The molecular formula is C14H12BrN3O3. The van der Waals surface area contributed by atoms with Crippen LogP contribution in [0.25, 0.3) is 0 Å². The van der Waals surface area contributed by atoms with Crippen molar-refractivity contribution in [3.8, 4) is 0 Å². The van der Waals surface area contributed by atoms with Crippen molar-refractivity contribution in [2.45, 2.75) is 13.0 Å². The van der Waals surface area contributed by atoms with Crippen LogP contribution in [0.4, 0.5) is 5.69 Å². The van der Waals surface area contributed by atoms with Gasteiger partial charge in [-0.1, -0.05) is 6.07 Å². The van der Waals surface area contributed by atoms with Gasteiger partial charge in [0.05, 0.1) is 15.4 Å². The number of pyridine rings is 1. The second-order valence-corrected chi connectivity index (χ2v) is 5.26. The van der Waals surface area contributed by atoms with Crippen molar-refractivity contribution in [3.05, 3.63) is 68.4 Å². The number of halogens is 1. The molecule has 0 saturated carbocycles. The summed E-state index contributed by atoms with van der Waals surface area (Å²) in [6, 6.07) is 7.65. The number of hydrogen-bond acceptors (Lipinski definition) is 4. The molecule has 1 heterocycles. The number of carbonyl (C=O) groups excluding carboxylic acids is 1. The smallest absolute Gasteiger partial charge is 0.284 e. The Hall–Kier alpha value is -2.28. The highest BCUT2D eigenvalue weighted by atomic mass is 79.9. The summed E-state index contributed by atoms with van der Waals surface area (Å²) in [6.45, 7) is 1.82. The average molecular weight is 350 g/mol. The number of carbonyl (C=O) groups is 1. The van der Waals surface area contributed by atoms with Crippen molar-refractivity contribution in [2.24, 2.45) is 0 Å². The van der Waals surface area contributed by atoms with Gasteiger partial charge in [0, 0.05) is 24.0 Å². The number of rotatable bonds is 4. The summed E-state index contributed by atoms with van der Waals surface area (Å²) in [7, 11) is 0. The summed E-state index contributed by atoms with van der Waals surface area (Å²) in [5.74, 6) is -0.373. The predicted octanol–water partition coefficient (Wildman–Crippen LogP) is 3.24. The van der Waals surface area contributed by atoms with Crippen LogP contribution in [0.5, 0.6) is 0 Å². The van der Waals surface area contributed by atoms with Gasteiger partial charge in [-0.3, -0.25) is 19.9 Å². The Kier molecular flexibility index (Phi) is 4.64. The predicted molar refractivity (Wildman–Crippen MR) is 80.9 cm³/mol. The Morgan fingerprint density at radius 3 is 2.81 bits per heavy atom. The molecular weight excluding hydrogens is 338 g/mol. The lowest BCUT2D eigenvalue weighted by Crippen LogP contribution is -2.26. The SMILES string of the molecule is CC(NC(=O)c1ccc(Br)c([N+](=O)[O-])c1)c1cccnc1. The van der Waals surface area contributed by atoms with E-state index in [0.29, 0.717) is 4.47 Å². The van der Waals surface area contributed by atoms with E-state index in [0.717, 1.165) is 5.56 Å². The van der Waals surface area contributed by atoms with Crippen molar-refractivity contribution in [3.63, 3.8) is 0 Å². The Bertz CT molecular complexity index is 676. The van der Waals surface area contributed by atoms with Gasteiger partial charge in [0.1, 0.15) is 0 Å². The van der Waals surface area contributed by atoms with Crippen LogP contribution in [-0.4, -0.2) is 15.8 Å². The molecule has 2 aromatic rings. The maximum absolute atomic E-state index is 12.1. The summed E-state index contributed by atoms with van der Waals surface area (Å²) in [6.07, 6.45) is 3.31. The fourth-order valence-corrected chi connectivity index (χ4v) is 2.18. The fourth-order valence-electron chi connectivity index (χ4n) is 1.79. The Morgan fingerprint density at radius 1 is 1.43 bits per heavy atom. The molecule has 1 amide bonds. The molecule has 1 aromatic heterocycles. The van der Waals surface area contributed by atoms with E-state index in [2.05, 4.69) is 26.2 Å². The van der Waals surface area contributed by atoms with Gasteiger partial charge in [-0.15, -0.1) is 0 Å². The van der Waals surface area contributed by atoms with E-state index in [9.17, 15) is 14.9 Å². The van der Waals surface area contributed by atoms with Crippen LogP contribution in [0.15, 0.2) is 47.2 Å². The minimum Gasteiger partial charge on any atom is -0.345 e. The van der Waals surface area contributed by atoms with Gasteiger partial charge in [-0.25, -0.2) is 0 Å². The zero-order valence-corrected chi connectivity index (χ0v) is 12.7. The van der Waals surface area contributed by atoms with E-state index in [4.69, 9.17) is 0 Å². The van der Waals surface area contributed by atoms with Crippen LogP contribution < -0.4 is 5.32 Å². The summed E-state index contributed by atoms with van der Waals surface area (Å²) in [5, 5.41) is 13.7. The number of hydrogen-bond donors (Lipinski definition) is 1. The van der Waals surface area contributed by atoms with E-state index in [-0.39, 0.29) is 23.2 Å². The molecule has 7 heteroatoms. The van der Waals surface area contributed by atoms with Crippen molar-refractivity contribution >= 4 is 27.5 Å². The molecule has 6 nitrogen and oxygen atoms in total. The minimum atomic E-state index is -0.536. The molecule has 0 fully saturated rings. The second-order valence-electron chi connectivity index (χ2n) is 4.40. The van der Waals surface area contributed by atoms with Gasteiger partial charge < -0.3 is 5.32 Å². The fraction of sp³-hybridized carbons (Fsp3) is 0.143. The van der Waals surface area contributed by atoms with Crippen molar-refractivity contribution in [1.82, 2.24) is 10.3 Å². The zero-order valence-electron chi connectivity index (χ0n) is 11.1. The number of nitrogens with one attached hydrogen (secondary N) is 1. The lowest BCUT2D eigenvalue weighted by Gasteiger charge is -2.13. The molecule has 0 spiro atoms. The van der Waals surface area contributed by atoms with Crippen molar-refractivity contribution in [1.29, 1.82) is 0 Å². The zero-order chi connectivity index (χ0) is 15.4. The van der Waals surface area contributed by atoms with Gasteiger partial charge in [-0.2, -0.15) is 0 Å². The molecule has 2 rings (SSSR count). The largest absolute Gasteiger partial charge is 0.345 e. The highest BCUT2D eigenvalue weighted by Crippen LogP contribution is 2.25. The third-order valence-corrected chi connectivity index (χ3v) is 3.61. The molecule has 0 aliphatic rings. The van der Waals surface area contributed by atoms with Gasteiger partial charge in [-0.05, 0) is 46.6 Å². The Balaban J connectivity index is 2.17. The molecule has 1 aromatic carbocycles. The topological polar surface area (TPSA) is 85.1 Å². The first kappa shape index (κ1) is 15.1. The lowest BCUT2D eigenvalue weighted by atomic mass is 10.1. The molecule has 0 aliphatic heterocycles. The van der Waals surface area contributed by atoms with Gasteiger partial charge in [0.15, 0.2) is 0 Å². The maximum atomic E-state index is 12.1. The number of nitro benzene ring substituents is 1. The van der Waals surface area contributed by atoms with Crippen LogP contribution in [0.3, 0.4) is 0 Å². The summed E-state index contributed by atoms with van der Waals surface area (Å²) in [5.41, 5.74) is 0.954. The average Bonchev–Trinajstić information content (AvgIpc) is 2.48. The monoisotopic (exact) mass is 349 g/mol. The molecule has 0 radical (unpaired) electrons. The highest BCUT2D eigenvalue weighted by molar-refractivity contribution is 9.10. The van der Waals surface area contributed by atoms with Crippen molar-refractivity contribution < 1.29 is 9.72 Å². The molecule has 0 aliphatic carbocycles. The maximum Gasteiger partial charge on any atom is 0.284 e. The molecule has 21 heavy (non-hydrogen) atoms. The number of benzene rings is 1. The standard InChI is InChI=1S/C14H12BrN3O3/c1-9(11-3-2-6-16-8-11)17-14(19)10-4-5-12(15)13(7-10)18(20)21/h2-9H,1H3,(H,17,19). The lowest BCUT2D eigenvalue weighted by molar-refractivity contribution is -0.385. The Morgan fingerprint density at radius 2 is 2.19 bits per heavy atom. The van der Waals surface area contributed by atoms with Gasteiger partial charge in [0.2, 0.25) is 0 Å². The van der Waals surface area contributed by atoms with Crippen LogP contribution in [0, 0.1) is 10.1 Å². The van der Waals surface area contributed by atoms with Crippen LogP contribution in [-0.2, 0) is 0 Å². The highest BCUT2D eigenvalue weighted by Gasteiger charge is 2.17. The Labute approximate surface area is 129 Å². The van der Waals surface area contributed by atoms with Crippen LogP contribution >= 0.6 is 15.9 Å². The first-order valence-corrected chi connectivity index (χ1v) is 6.93. The number of nitro groups is 1. The quantitative estimate of drug-likeness (QED) is 0.678. The number of nitrogens with zero attached hydrogens (tertiary/aromatic N) is 2. The van der Waals surface area contributed by atoms with Crippen molar-refractivity contribution in [2.75, 3.05) is 0 Å². The second kappa shape index (κ2) is 6.45. The molecule has 1 atom stereocenters. The molecule has 0 bridgehead atoms. The molecule has 0 saturated heterocycles. The van der Waals surface area contributed by atoms with Gasteiger partial charge >= 0.3 is 0 Å². The van der Waals surface area contributed by atoms with Gasteiger partial charge in [0.25, 0.3) is 11.6 Å². The number of aromatic nitrogens is 1. The van der Waals surface area contributed by atoms with E-state index >= 15 is 0 Å². The summed E-state index contributed by atoms with van der Waals surface area (Å²) < 4.78 is 0.337. The number of amides is 1.